The lowest BCUT2D eigenvalue weighted by molar-refractivity contribution is -0.122. The molecule has 0 saturated carbocycles. The normalized spacial score (nSPS) is 11.1. The van der Waals surface area contributed by atoms with Gasteiger partial charge in [-0.25, -0.2) is 0 Å². The van der Waals surface area contributed by atoms with Crippen LogP contribution in [0.25, 0.3) is 0 Å². The SMILES string of the molecule is CCCCCC(=O)N/C(=C\N)C(C)=O. The Balaban J connectivity index is 3.87. The van der Waals surface area contributed by atoms with Crippen LogP contribution >= 0.6 is 0 Å². The largest absolute Gasteiger partial charge is 0.403 e. The van der Waals surface area contributed by atoms with E-state index >= 15 is 0 Å². The molecular formula is C10H18N2O2. The van der Waals surface area contributed by atoms with Gasteiger partial charge in [0.25, 0.3) is 0 Å². The van der Waals surface area contributed by atoms with Crippen molar-refractivity contribution in [3.05, 3.63) is 11.9 Å². The molecule has 0 fully saturated rings. The van der Waals surface area contributed by atoms with Gasteiger partial charge in [-0.15, -0.1) is 0 Å². The molecule has 14 heavy (non-hydrogen) atoms. The van der Waals surface area contributed by atoms with Crippen LogP contribution in [-0.2, 0) is 9.59 Å². The van der Waals surface area contributed by atoms with Crippen LogP contribution in [0.5, 0.6) is 0 Å². The van der Waals surface area contributed by atoms with Gasteiger partial charge >= 0.3 is 0 Å². The lowest BCUT2D eigenvalue weighted by atomic mass is 10.2. The van der Waals surface area contributed by atoms with Crippen molar-refractivity contribution in [3.63, 3.8) is 0 Å². The summed E-state index contributed by atoms with van der Waals surface area (Å²) in [7, 11) is 0. The number of unbranched alkanes of at least 4 members (excludes halogenated alkanes) is 2. The first-order chi connectivity index (χ1) is 6.61. The van der Waals surface area contributed by atoms with Crippen molar-refractivity contribution >= 4 is 11.7 Å². The topological polar surface area (TPSA) is 72.2 Å². The van der Waals surface area contributed by atoms with E-state index in [4.69, 9.17) is 5.73 Å². The van der Waals surface area contributed by atoms with Crippen LogP contribution in [0.15, 0.2) is 11.9 Å². The van der Waals surface area contributed by atoms with Crippen LogP contribution in [0.1, 0.15) is 39.5 Å². The summed E-state index contributed by atoms with van der Waals surface area (Å²) in [6.45, 7) is 3.43. The highest BCUT2D eigenvalue weighted by atomic mass is 16.2. The molecule has 0 unspecified atom stereocenters. The summed E-state index contributed by atoms with van der Waals surface area (Å²) in [4.78, 5) is 22.1. The number of carbonyl (C=O) groups excluding carboxylic acids is 2. The number of allylic oxidation sites excluding steroid dienone is 1. The highest BCUT2D eigenvalue weighted by Crippen LogP contribution is 1.99. The van der Waals surface area contributed by atoms with Gasteiger partial charge in [-0.1, -0.05) is 19.8 Å². The summed E-state index contributed by atoms with van der Waals surface area (Å²) in [5.41, 5.74) is 5.35. The Morgan fingerprint density at radius 2 is 2.00 bits per heavy atom. The number of hydrogen-bond donors (Lipinski definition) is 2. The number of Topliss-reactive ketones (excluding diaryl/α,β-unsaturated/α-hetero) is 1. The summed E-state index contributed by atoms with van der Waals surface area (Å²) in [6.07, 6.45) is 4.51. The van der Waals surface area contributed by atoms with Crippen LogP contribution in [0.2, 0.25) is 0 Å². The molecule has 0 aromatic rings. The Morgan fingerprint density at radius 3 is 2.43 bits per heavy atom. The van der Waals surface area contributed by atoms with Crippen LogP contribution < -0.4 is 11.1 Å². The average molecular weight is 198 g/mol. The highest BCUT2D eigenvalue weighted by molar-refractivity contribution is 5.97. The fraction of sp³-hybridized carbons (Fsp3) is 0.600. The molecule has 3 N–H and O–H groups in total. The molecule has 4 heteroatoms. The first-order valence-electron chi connectivity index (χ1n) is 4.84. The van der Waals surface area contributed by atoms with Gasteiger partial charge in [-0.3, -0.25) is 9.59 Å². The number of rotatable bonds is 6. The van der Waals surface area contributed by atoms with E-state index in [0.29, 0.717) is 6.42 Å². The fourth-order valence-electron chi connectivity index (χ4n) is 0.995. The zero-order valence-electron chi connectivity index (χ0n) is 8.80. The maximum Gasteiger partial charge on any atom is 0.224 e. The lowest BCUT2D eigenvalue weighted by Crippen LogP contribution is -2.26. The summed E-state index contributed by atoms with van der Waals surface area (Å²) in [5.74, 6) is -0.373. The number of hydrogen-bond acceptors (Lipinski definition) is 3. The van der Waals surface area contributed by atoms with Gasteiger partial charge in [0, 0.05) is 19.5 Å². The van der Waals surface area contributed by atoms with E-state index in [1.54, 1.807) is 0 Å². The van der Waals surface area contributed by atoms with E-state index < -0.39 is 0 Å². The van der Waals surface area contributed by atoms with Crippen LogP contribution in [0, 0.1) is 0 Å². The molecule has 0 aromatic carbocycles. The average Bonchev–Trinajstić information content (AvgIpc) is 2.14. The summed E-state index contributed by atoms with van der Waals surface area (Å²) < 4.78 is 0. The monoisotopic (exact) mass is 198 g/mol. The molecule has 0 aliphatic heterocycles. The minimum absolute atomic E-state index is 0.148. The first kappa shape index (κ1) is 12.7. The van der Waals surface area contributed by atoms with E-state index in [0.717, 1.165) is 25.5 Å². The van der Waals surface area contributed by atoms with Crippen LogP contribution in [0.4, 0.5) is 0 Å². The third-order valence-electron chi connectivity index (χ3n) is 1.83. The molecule has 0 aromatic heterocycles. The van der Waals surface area contributed by atoms with Gasteiger partial charge < -0.3 is 11.1 Å². The molecule has 0 aliphatic carbocycles. The molecular weight excluding hydrogens is 180 g/mol. The van der Waals surface area contributed by atoms with Crippen LogP contribution in [0.3, 0.4) is 0 Å². The highest BCUT2D eigenvalue weighted by Gasteiger charge is 2.07. The quantitative estimate of drug-likeness (QED) is 0.495. The second kappa shape index (κ2) is 7.12. The second-order valence-corrected chi connectivity index (χ2v) is 3.14. The molecule has 4 nitrogen and oxygen atoms in total. The zero-order chi connectivity index (χ0) is 11.0. The third-order valence-corrected chi connectivity index (χ3v) is 1.83. The van der Waals surface area contributed by atoms with Crippen molar-refractivity contribution in [2.45, 2.75) is 39.5 Å². The molecule has 0 aliphatic rings. The van der Waals surface area contributed by atoms with Gasteiger partial charge in [0.15, 0.2) is 5.78 Å². The number of ketones is 1. The molecule has 0 saturated heterocycles. The molecule has 0 heterocycles. The van der Waals surface area contributed by atoms with E-state index in [-0.39, 0.29) is 17.4 Å². The molecule has 0 radical (unpaired) electrons. The smallest absolute Gasteiger partial charge is 0.224 e. The van der Waals surface area contributed by atoms with E-state index in [9.17, 15) is 9.59 Å². The van der Waals surface area contributed by atoms with Gasteiger partial charge in [-0.2, -0.15) is 0 Å². The van der Waals surface area contributed by atoms with Gasteiger partial charge in [0.05, 0.1) is 5.70 Å². The van der Waals surface area contributed by atoms with Crippen LogP contribution in [-0.4, -0.2) is 11.7 Å². The Labute approximate surface area is 84.5 Å². The number of amides is 1. The molecule has 1 amide bonds. The third kappa shape index (κ3) is 5.35. The van der Waals surface area contributed by atoms with Crippen molar-refractivity contribution in [2.75, 3.05) is 0 Å². The van der Waals surface area contributed by atoms with Crippen molar-refractivity contribution in [3.8, 4) is 0 Å². The molecule has 0 bridgehead atoms. The maximum absolute atomic E-state index is 11.2. The van der Waals surface area contributed by atoms with Gasteiger partial charge in [-0.05, 0) is 6.42 Å². The zero-order valence-corrected chi connectivity index (χ0v) is 8.80. The Morgan fingerprint density at radius 1 is 1.36 bits per heavy atom. The maximum atomic E-state index is 11.2. The molecule has 80 valence electrons. The van der Waals surface area contributed by atoms with E-state index in [1.807, 2.05) is 0 Å². The minimum atomic E-state index is -0.226. The summed E-state index contributed by atoms with van der Waals surface area (Å²) in [6, 6.07) is 0. The van der Waals surface area contributed by atoms with Crippen molar-refractivity contribution < 1.29 is 9.59 Å². The Kier molecular flexibility index (Phi) is 6.45. The van der Waals surface area contributed by atoms with Crippen molar-refractivity contribution in [2.24, 2.45) is 5.73 Å². The minimum Gasteiger partial charge on any atom is -0.403 e. The fourth-order valence-corrected chi connectivity index (χ4v) is 0.995. The lowest BCUT2D eigenvalue weighted by Gasteiger charge is -2.05. The van der Waals surface area contributed by atoms with Crippen molar-refractivity contribution in [1.29, 1.82) is 0 Å². The predicted molar refractivity (Wildman–Crippen MR) is 55.2 cm³/mol. The molecule has 0 spiro atoms. The second-order valence-electron chi connectivity index (χ2n) is 3.14. The van der Waals surface area contributed by atoms with Gasteiger partial charge in [0.2, 0.25) is 5.91 Å². The Hall–Kier alpha value is -1.32. The van der Waals surface area contributed by atoms with E-state index in [1.165, 1.54) is 6.92 Å². The summed E-state index contributed by atoms with van der Waals surface area (Å²) >= 11 is 0. The first-order valence-corrected chi connectivity index (χ1v) is 4.84. The molecule has 0 atom stereocenters. The van der Waals surface area contributed by atoms with Gasteiger partial charge in [0.1, 0.15) is 0 Å². The Bertz CT molecular complexity index is 234. The number of nitrogens with one attached hydrogen (secondary N) is 1. The predicted octanol–water partition coefficient (Wildman–Crippen LogP) is 1.07. The standard InChI is InChI=1S/C10H18N2O2/c1-3-4-5-6-10(14)12-9(7-11)8(2)13/h7H,3-6,11H2,1-2H3,(H,12,14)/b9-7-. The van der Waals surface area contributed by atoms with E-state index in [2.05, 4.69) is 12.2 Å². The number of carbonyl (C=O) groups is 2. The summed E-state index contributed by atoms with van der Waals surface area (Å²) in [5, 5.41) is 2.47. The molecule has 0 rings (SSSR count). The number of nitrogens with two attached hydrogens (primary N) is 1. The van der Waals surface area contributed by atoms with Crippen molar-refractivity contribution in [1.82, 2.24) is 5.32 Å².